The number of fused-ring (bicyclic) bond motifs is 6. The van der Waals surface area contributed by atoms with Crippen LogP contribution >= 0.6 is 0 Å². The van der Waals surface area contributed by atoms with Gasteiger partial charge in [0.1, 0.15) is 5.72 Å². The Balaban J connectivity index is 1.49. The molecule has 5 nitrogen and oxygen atoms in total. The van der Waals surface area contributed by atoms with E-state index in [1.54, 1.807) is 13.8 Å². The molecular formula is C37H32BN3O2. The molecule has 0 spiro atoms. The number of rotatable bonds is 6. The second-order valence-electron chi connectivity index (χ2n) is 12.1. The minimum absolute atomic E-state index is 0.122. The van der Waals surface area contributed by atoms with Gasteiger partial charge in [-0.05, 0) is 82.9 Å². The van der Waals surface area contributed by atoms with Gasteiger partial charge in [-0.15, -0.1) is 0 Å². The molecular weight excluding hydrogens is 529 g/mol. The molecule has 0 atom stereocenters. The molecule has 0 fully saturated rings. The van der Waals surface area contributed by atoms with Crippen molar-refractivity contribution in [2.75, 3.05) is 0 Å². The predicted octanol–water partition coefficient (Wildman–Crippen LogP) is 7.36. The van der Waals surface area contributed by atoms with Crippen LogP contribution in [0.4, 0.5) is 0 Å². The molecule has 6 aromatic carbocycles. The molecule has 1 N–H and O–H groups in total. The lowest BCUT2D eigenvalue weighted by molar-refractivity contribution is -0.0894. The van der Waals surface area contributed by atoms with Crippen LogP contribution in [0.15, 0.2) is 109 Å². The van der Waals surface area contributed by atoms with Crippen molar-refractivity contribution in [2.24, 2.45) is 0 Å². The molecule has 1 aromatic heterocycles. The van der Waals surface area contributed by atoms with E-state index in [0.717, 1.165) is 43.4 Å². The zero-order valence-corrected chi connectivity index (χ0v) is 24.8. The minimum atomic E-state index is -1.06. The van der Waals surface area contributed by atoms with Crippen molar-refractivity contribution in [3.05, 3.63) is 109 Å². The third-order valence-electron chi connectivity index (χ3n) is 8.74. The summed E-state index contributed by atoms with van der Waals surface area (Å²) in [6.45, 7) is 7.26. The summed E-state index contributed by atoms with van der Waals surface area (Å²) in [4.78, 5) is 15.1. The van der Waals surface area contributed by atoms with Crippen molar-refractivity contribution < 1.29 is 9.76 Å². The van der Waals surface area contributed by atoms with Crippen LogP contribution in [0.25, 0.3) is 65.9 Å². The molecule has 0 saturated heterocycles. The van der Waals surface area contributed by atoms with Gasteiger partial charge in [0, 0.05) is 11.1 Å². The number of aromatic nitrogens is 3. The number of nitrogens with zero attached hydrogens (tertiary/aromatic N) is 3. The highest BCUT2D eigenvalue weighted by molar-refractivity contribution is 6.44. The van der Waals surface area contributed by atoms with Crippen LogP contribution in [0.3, 0.4) is 0 Å². The van der Waals surface area contributed by atoms with Crippen LogP contribution in [0.2, 0.25) is 0 Å². The normalized spacial score (nSPS) is 12.4. The first-order valence-electron chi connectivity index (χ1n) is 14.6. The van der Waals surface area contributed by atoms with E-state index in [0.29, 0.717) is 17.4 Å². The Hall–Kier alpha value is -4.65. The van der Waals surface area contributed by atoms with Crippen LogP contribution in [0.1, 0.15) is 27.7 Å². The lowest BCUT2D eigenvalue weighted by atomic mass is 9.86. The molecule has 6 heteroatoms. The van der Waals surface area contributed by atoms with Gasteiger partial charge >= 0.3 is 7.48 Å². The second kappa shape index (κ2) is 10.3. The van der Waals surface area contributed by atoms with Gasteiger partial charge in [0.15, 0.2) is 11.6 Å². The Labute approximate surface area is 251 Å². The largest absolute Gasteiger partial charge is 0.423 e. The van der Waals surface area contributed by atoms with Gasteiger partial charge in [-0.3, -0.25) is 0 Å². The van der Waals surface area contributed by atoms with Gasteiger partial charge in [-0.25, -0.2) is 15.0 Å². The van der Waals surface area contributed by atoms with Crippen molar-refractivity contribution in [1.82, 2.24) is 15.0 Å². The van der Waals surface area contributed by atoms with Crippen molar-refractivity contribution in [2.45, 2.75) is 38.9 Å². The van der Waals surface area contributed by atoms with E-state index in [9.17, 15) is 5.11 Å². The number of hydrogen-bond acceptors (Lipinski definition) is 5. The summed E-state index contributed by atoms with van der Waals surface area (Å²) in [5.74, 6) is 1.17. The first-order valence-corrected chi connectivity index (χ1v) is 14.6. The Morgan fingerprint density at radius 1 is 0.535 bits per heavy atom. The molecule has 0 unspecified atom stereocenters. The SMILES string of the molecule is CC(C)(O)C(C)(C)OBc1nc(-c2cc3ccccc3c3ccccc23)nc(-c2cc3ccccc3c3ccccc23)n1. The molecule has 7 rings (SSSR count). The van der Waals surface area contributed by atoms with E-state index in [1.807, 2.05) is 13.8 Å². The average Bonchev–Trinajstić information content (AvgIpc) is 3.02. The Morgan fingerprint density at radius 2 is 0.930 bits per heavy atom. The summed E-state index contributed by atoms with van der Waals surface area (Å²) in [7, 11) is 0.122. The first-order chi connectivity index (χ1) is 20.7. The van der Waals surface area contributed by atoms with Gasteiger partial charge in [-0.2, -0.15) is 0 Å². The quantitative estimate of drug-likeness (QED) is 0.170. The molecule has 0 aliphatic rings. The molecule has 43 heavy (non-hydrogen) atoms. The van der Waals surface area contributed by atoms with Crippen molar-refractivity contribution in [3.63, 3.8) is 0 Å². The lowest BCUT2D eigenvalue weighted by Crippen LogP contribution is -2.49. The van der Waals surface area contributed by atoms with Crippen molar-refractivity contribution in [3.8, 4) is 22.8 Å². The van der Waals surface area contributed by atoms with E-state index < -0.39 is 11.2 Å². The van der Waals surface area contributed by atoms with E-state index >= 15 is 0 Å². The molecule has 0 bridgehead atoms. The lowest BCUT2D eigenvalue weighted by Gasteiger charge is -2.37. The zero-order valence-electron chi connectivity index (χ0n) is 24.8. The Bertz CT molecular complexity index is 2030. The summed E-state index contributed by atoms with van der Waals surface area (Å²) in [6.07, 6.45) is 0. The minimum Gasteiger partial charge on any atom is -0.423 e. The maximum atomic E-state index is 10.7. The third-order valence-corrected chi connectivity index (χ3v) is 8.74. The highest BCUT2D eigenvalue weighted by Gasteiger charge is 2.36. The van der Waals surface area contributed by atoms with Crippen LogP contribution in [-0.4, -0.2) is 38.7 Å². The van der Waals surface area contributed by atoms with E-state index in [2.05, 4.69) is 109 Å². The predicted molar refractivity (Wildman–Crippen MR) is 179 cm³/mol. The van der Waals surface area contributed by atoms with Crippen molar-refractivity contribution in [1.29, 1.82) is 0 Å². The molecule has 210 valence electrons. The summed E-state index contributed by atoms with van der Waals surface area (Å²) in [5.41, 5.74) is 0.490. The zero-order chi connectivity index (χ0) is 29.8. The molecule has 0 saturated carbocycles. The van der Waals surface area contributed by atoms with Crippen molar-refractivity contribution >= 4 is 56.3 Å². The molecule has 0 radical (unpaired) electrons. The van der Waals surface area contributed by atoms with Gasteiger partial charge in [0.25, 0.3) is 0 Å². The third kappa shape index (κ3) is 4.83. The Kier molecular flexibility index (Phi) is 6.49. The second-order valence-corrected chi connectivity index (χ2v) is 12.1. The maximum Gasteiger partial charge on any atom is 0.353 e. The maximum absolute atomic E-state index is 10.7. The van der Waals surface area contributed by atoms with Gasteiger partial charge in [0.2, 0.25) is 0 Å². The van der Waals surface area contributed by atoms with Crippen LogP contribution in [0.5, 0.6) is 0 Å². The summed E-state index contributed by atoms with van der Waals surface area (Å²) >= 11 is 0. The molecule has 0 aliphatic heterocycles. The van der Waals surface area contributed by atoms with Crippen LogP contribution in [0, 0.1) is 0 Å². The topological polar surface area (TPSA) is 68.1 Å². The molecule has 0 amide bonds. The summed E-state index contributed by atoms with van der Waals surface area (Å²) < 4.78 is 6.27. The Morgan fingerprint density at radius 3 is 1.37 bits per heavy atom. The average molecular weight is 561 g/mol. The number of aliphatic hydroxyl groups is 1. The highest BCUT2D eigenvalue weighted by Crippen LogP contribution is 2.36. The van der Waals surface area contributed by atoms with Gasteiger partial charge < -0.3 is 9.76 Å². The monoisotopic (exact) mass is 561 g/mol. The summed E-state index contributed by atoms with van der Waals surface area (Å²) in [5, 5.41) is 19.8. The molecule has 0 aliphatic carbocycles. The molecule has 7 aromatic rings. The number of benzene rings is 6. The number of hydrogen-bond donors (Lipinski definition) is 1. The smallest absolute Gasteiger partial charge is 0.353 e. The van der Waals surface area contributed by atoms with Crippen LogP contribution in [-0.2, 0) is 4.65 Å². The molecule has 1 heterocycles. The fourth-order valence-corrected chi connectivity index (χ4v) is 5.63. The van der Waals surface area contributed by atoms with E-state index in [4.69, 9.17) is 19.6 Å². The first kappa shape index (κ1) is 27.2. The van der Waals surface area contributed by atoms with Crippen LogP contribution < -0.4 is 5.72 Å². The van der Waals surface area contributed by atoms with E-state index in [1.165, 1.54) is 10.8 Å². The highest BCUT2D eigenvalue weighted by atomic mass is 16.5. The van der Waals surface area contributed by atoms with Gasteiger partial charge in [0.05, 0.1) is 11.2 Å². The fourth-order valence-electron chi connectivity index (χ4n) is 5.63. The van der Waals surface area contributed by atoms with Gasteiger partial charge in [-0.1, -0.05) is 97.1 Å². The van der Waals surface area contributed by atoms with E-state index in [-0.39, 0.29) is 7.48 Å². The standard InChI is InChI=1S/C37H32BN3O2/c1-36(2,42)37(3,4)43-38-35-40-33(31-21-23-13-5-7-15-25(23)27-17-9-11-19-29(27)31)39-34(41-35)32-22-24-14-6-8-16-26(24)28-18-10-12-20-30(28)32/h5-22,38,42H,1-4H3. The summed E-state index contributed by atoms with van der Waals surface area (Å²) in [6, 6.07) is 37.9. The fraction of sp³-hybridized carbons (Fsp3) is 0.162.